The molecule has 0 bridgehead atoms. The molecule has 2 aromatic carbocycles. The first-order chi connectivity index (χ1) is 15.0. The lowest BCUT2D eigenvalue weighted by Gasteiger charge is -2.28. The Morgan fingerprint density at radius 1 is 0.968 bits per heavy atom. The summed E-state index contributed by atoms with van der Waals surface area (Å²) in [7, 11) is -3.14. The van der Waals surface area contributed by atoms with Crippen LogP contribution >= 0.6 is 11.3 Å². The average molecular weight is 454 g/mol. The van der Waals surface area contributed by atoms with E-state index in [4.69, 9.17) is 5.10 Å². The van der Waals surface area contributed by atoms with Gasteiger partial charge in [0.25, 0.3) is 0 Å². The quantitative estimate of drug-likeness (QED) is 0.461. The van der Waals surface area contributed by atoms with Gasteiger partial charge in [0.05, 0.1) is 6.26 Å². The van der Waals surface area contributed by atoms with Crippen molar-refractivity contribution in [1.82, 2.24) is 24.1 Å². The van der Waals surface area contributed by atoms with E-state index in [0.717, 1.165) is 35.1 Å². The Labute approximate surface area is 185 Å². The number of hydrogen-bond donors (Lipinski definition) is 0. The van der Waals surface area contributed by atoms with Crippen molar-refractivity contribution in [3.8, 4) is 11.1 Å². The van der Waals surface area contributed by atoms with Gasteiger partial charge in [0.2, 0.25) is 15.0 Å². The first kappa shape index (κ1) is 20.3. The molecule has 0 radical (unpaired) electrons. The molecular formula is C22H23N5O2S2. The Balaban J connectivity index is 1.31. The van der Waals surface area contributed by atoms with Crippen LogP contribution in [0.15, 0.2) is 54.6 Å². The molecule has 1 fully saturated rings. The van der Waals surface area contributed by atoms with Crippen LogP contribution in [0.1, 0.15) is 35.2 Å². The number of sulfonamides is 1. The molecule has 0 aliphatic carbocycles. The minimum atomic E-state index is -3.14. The molecule has 0 saturated carbocycles. The summed E-state index contributed by atoms with van der Waals surface area (Å²) in [5.74, 6) is 1.01. The van der Waals surface area contributed by atoms with E-state index in [1.54, 1.807) is 11.3 Å². The predicted octanol–water partition coefficient (Wildman–Crippen LogP) is 3.58. The highest BCUT2D eigenvalue weighted by atomic mass is 32.2. The molecule has 31 heavy (non-hydrogen) atoms. The molecule has 160 valence electrons. The smallest absolute Gasteiger partial charge is 0.213 e. The van der Waals surface area contributed by atoms with Gasteiger partial charge in [0.15, 0.2) is 5.82 Å². The van der Waals surface area contributed by atoms with Gasteiger partial charge in [-0.15, -0.1) is 10.2 Å². The summed E-state index contributed by atoms with van der Waals surface area (Å²) < 4.78 is 26.9. The lowest BCUT2D eigenvalue weighted by Crippen LogP contribution is -2.37. The molecule has 2 aromatic heterocycles. The van der Waals surface area contributed by atoms with Crippen LogP contribution in [0.5, 0.6) is 0 Å². The summed E-state index contributed by atoms with van der Waals surface area (Å²) in [6.07, 6.45) is 3.49. The molecule has 0 unspecified atom stereocenters. The zero-order chi connectivity index (χ0) is 21.4. The molecule has 5 rings (SSSR count). The number of fused-ring (bicyclic) bond motifs is 1. The predicted molar refractivity (Wildman–Crippen MR) is 122 cm³/mol. The second kappa shape index (κ2) is 8.14. The van der Waals surface area contributed by atoms with Gasteiger partial charge in [-0.05, 0) is 29.5 Å². The average Bonchev–Trinajstić information content (AvgIpc) is 3.35. The highest BCUT2D eigenvalue weighted by Crippen LogP contribution is 2.29. The molecule has 0 N–H and O–H groups in total. The van der Waals surface area contributed by atoms with E-state index in [9.17, 15) is 8.42 Å². The van der Waals surface area contributed by atoms with Gasteiger partial charge in [0, 0.05) is 25.4 Å². The molecular weight excluding hydrogens is 430 g/mol. The lowest BCUT2D eigenvalue weighted by molar-refractivity contribution is 0.313. The van der Waals surface area contributed by atoms with Crippen molar-refractivity contribution in [2.75, 3.05) is 19.3 Å². The van der Waals surface area contributed by atoms with Crippen molar-refractivity contribution < 1.29 is 8.42 Å². The number of piperidine rings is 1. The van der Waals surface area contributed by atoms with Crippen LogP contribution < -0.4 is 0 Å². The molecule has 1 aliphatic rings. The van der Waals surface area contributed by atoms with E-state index in [2.05, 4.69) is 46.6 Å². The Morgan fingerprint density at radius 3 is 2.32 bits per heavy atom. The maximum Gasteiger partial charge on any atom is 0.234 e. The highest BCUT2D eigenvalue weighted by Gasteiger charge is 2.29. The van der Waals surface area contributed by atoms with E-state index < -0.39 is 10.0 Å². The van der Waals surface area contributed by atoms with Gasteiger partial charge in [-0.1, -0.05) is 65.9 Å². The van der Waals surface area contributed by atoms with Crippen molar-refractivity contribution in [2.24, 2.45) is 0 Å². The first-order valence-corrected chi connectivity index (χ1v) is 12.9. The largest absolute Gasteiger partial charge is 0.234 e. The van der Waals surface area contributed by atoms with Crippen molar-refractivity contribution in [3.05, 3.63) is 71.0 Å². The summed E-state index contributed by atoms with van der Waals surface area (Å²) >= 11 is 1.55. The zero-order valence-corrected chi connectivity index (χ0v) is 18.8. The number of nitrogens with zero attached hydrogens (tertiary/aromatic N) is 5. The first-order valence-electron chi connectivity index (χ1n) is 10.3. The van der Waals surface area contributed by atoms with Gasteiger partial charge in [-0.2, -0.15) is 9.61 Å². The van der Waals surface area contributed by atoms with Gasteiger partial charge in [-0.3, -0.25) is 0 Å². The summed E-state index contributed by atoms with van der Waals surface area (Å²) in [4.78, 5) is 0.788. The SMILES string of the molecule is CS(=O)(=O)N1CCC(c2nnc3sc(Cc4ccc(-c5ccccc5)cc4)nn23)CC1. The molecule has 3 heterocycles. The van der Waals surface area contributed by atoms with E-state index in [0.29, 0.717) is 13.1 Å². The number of rotatable bonds is 5. The molecule has 0 spiro atoms. The molecule has 0 amide bonds. The van der Waals surface area contributed by atoms with Gasteiger partial charge in [0.1, 0.15) is 5.01 Å². The highest BCUT2D eigenvalue weighted by molar-refractivity contribution is 7.88. The second-order valence-electron chi connectivity index (χ2n) is 7.92. The van der Waals surface area contributed by atoms with Crippen LogP contribution in [-0.2, 0) is 16.4 Å². The Hall–Kier alpha value is -2.62. The van der Waals surface area contributed by atoms with Gasteiger partial charge >= 0.3 is 0 Å². The zero-order valence-electron chi connectivity index (χ0n) is 17.2. The summed E-state index contributed by atoms with van der Waals surface area (Å²) in [6, 6.07) is 18.9. The molecule has 7 nitrogen and oxygen atoms in total. The van der Waals surface area contributed by atoms with E-state index >= 15 is 0 Å². The number of hydrogen-bond acceptors (Lipinski definition) is 6. The van der Waals surface area contributed by atoms with Crippen LogP contribution in [0.4, 0.5) is 0 Å². The standard InChI is InChI=1S/C22H23N5O2S2/c1-31(28,29)26-13-11-19(12-14-26)21-23-24-22-27(21)25-20(30-22)15-16-7-9-18(10-8-16)17-5-3-2-4-6-17/h2-10,19H,11-15H2,1H3. The van der Waals surface area contributed by atoms with E-state index in [1.165, 1.54) is 27.3 Å². The molecule has 1 aliphatic heterocycles. The Morgan fingerprint density at radius 2 is 1.65 bits per heavy atom. The molecule has 9 heteroatoms. The number of aromatic nitrogens is 4. The van der Waals surface area contributed by atoms with Crippen molar-refractivity contribution in [3.63, 3.8) is 0 Å². The summed E-state index contributed by atoms with van der Waals surface area (Å²) in [5, 5.41) is 14.4. The van der Waals surface area contributed by atoms with Crippen LogP contribution in [0, 0.1) is 0 Å². The molecule has 4 aromatic rings. The summed E-state index contributed by atoms with van der Waals surface area (Å²) in [5.41, 5.74) is 3.61. The second-order valence-corrected chi connectivity index (χ2v) is 10.9. The van der Waals surface area contributed by atoms with Crippen LogP contribution in [-0.4, -0.2) is 51.9 Å². The third-order valence-corrected chi connectivity index (χ3v) is 7.96. The Kier molecular flexibility index (Phi) is 5.33. The van der Waals surface area contributed by atoms with Gasteiger partial charge in [-0.25, -0.2) is 12.7 Å². The fourth-order valence-electron chi connectivity index (χ4n) is 4.06. The van der Waals surface area contributed by atoms with Crippen molar-refractivity contribution >= 4 is 26.3 Å². The van der Waals surface area contributed by atoms with Crippen LogP contribution in [0.3, 0.4) is 0 Å². The fraction of sp³-hybridized carbons (Fsp3) is 0.318. The maximum absolute atomic E-state index is 11.8. The van der Waals surface area contributed by atoms with Crippen LogP contribution in [0.2, 0.25) is 0 Å². The Bertz CT molecular complexity index is 1290. The minimum absolute atomic E-state index is 0.174. The van der Waals surface area contributed by atoms with Crippen LogP contribution in [0.25, 0.3) is 16.1 Å². The minimum Gasteiger partial charge on any atom is -0.213 e. The third kappa shape index (κ3) is 4.26. The fourth-order valence-corrected chi connectivity index (χ4v) is 5.81. The lowest BCUT2D eigenvalue weighted by atomic mass is 9.97. The topological polar surface area (TPSA) is 80.5 Å². The van der Waals surface area contributed by atoms with Crippen molar-refractivity contribution in [2.45, 2.75) is 25.2 Å². The third-order valence-electron chi connectivity index (χ3n) is 5.76. The van der Waals surface area contributed by atoms with E-state index in [1.807, 2.05) is 22.7 Å². The summed E-state index contributed by atoms with van der Waals surface area (Å²) in [6.45, 7) is 1.03. The molecule has 1 saturated heterocycles. The maximum atomic E-state index is 11.8. The van der Waals surface area contributed by atoms with E-state index in [-0.39, 0.29) is 5.92 Å². The van der Waals surface area contributed by atoms with Gasteiger partial charge < -0.3 is 0 Å². The number of benzene rings is 2. The molecule has 0 atom stereocenters. The monoisotopic (exact) mass is 453 g/mol. The normalized spacial score (nSPS) is 16.2. The van der Waals surface area contributed by atoms with Crippen molar-refractivity contribution in [1.29, 1.82) is 0 Å².